The van der Waals surface area contributed by atoms with Crippen molar-refractivity contribution in [2.24, 2.45) is 4.99 Å². The van der Waals surface area contributed by atoms with Crippen LogP contribution in [0, 0.1) is 0 Å². The number of carbonyl (C=O) groups is 1. The minimum atomic E-state index is -3.97. The summed E-state index contributed by atoms with van der Waals surface area (Å²) in [6.07, 6.45) is 0.895. The number of rotatable bonds is 9. The van der Waals surface area contributed by atoms with Crippen LogP contribution in [-0.4, -0.2) is 46.8 Å². The van der Waals surface area contributed by atoms with Crippen molar-refractivity contribution < 1.29 is 27.4 Å². The van der Waals surface area contributed by atoms with E-state index in [1.54, 1.807) is 37.4 Å². The van der Waals surface area contributed by atoms with E-state index in [1.807, 2.05) is 32.0 Å². The number of fused-ring (bicyclic) bond motifs is 1. The highest BCUT2D eigenvalue weighted by molar-refractivity contribution is 7.92. The van der Waals surface area contributed by atoms with Gasteiger partial charge in [0.1, 0.15) is 22.1 Å². The maximum atomic E-state index is 13.2. The number of hydrogen-bond donors (Lipinski definition) is 1. The molecule has 0 fully saturated rings. The molecule has 1 heterocycles. The van der Waals surface area contributed by atoms with E-state index in [2.05, 4.69) is 4.72 Å². The number of methoxy groups -OCH3 is 3. The van der Waals surface area contributed by atoms with Crippen LogP contribution in [0.2, 0.25) is 0 Å². The number of carbonyl (C=O) groups excluding carboxylic acids is 1. The van der Waals surface area contributed by atoms with Crippen molar-refractivity contribution in [2.45, 2.75) is 37.1 Å². The molecule has 9 heteroatoms. The molecule has 0 unspecified atom stereocenters. The van der Waals surface area contributed by atoms with Gasteiger partial charge in [-0.05, 0) is 74.4 Å². The molecule has 194 valence electrons. The van der Waals surface area contributed by atoms with Gasteiger partial charge in [-0.1, -0.05) is 6.07 Å². The average Bonchev–Trinajstić information content (AvgIpc) is 2.87. The number of ketones is 1. The summed E-state index contributed by atoms with van der Waals surface area (Å²) in [5.41, 5.74) is 3.21. The first-order chi connectivity index (χ1) is 17.5. The summed E-state index contributed by atoms with van der Waals surface area (Å²) in [5, 5.41) is 0. The molecular weight excluding hydrogens is 492 g/mol. The van der Waals surface area contributed by atoms with Gasteiger partial charge in [0.05, 0.1) is 39.0 Å². The fraction of sp³-hybridized carbons (Fsp3) is 0.286. The summed E-state index contributed by atoms with van der Waals surface area (Å²) in [6, 6.07) is 16.7. The van der Waals surface area contributed by atoms with Crippen LogP contribution in [0.25, 0.3) is 0 Å². The minimum absolute atomic E-state index is 0.0541. The molecule has 0 bridgehead atoms. The Morgan fingerprint density at radius 1 is 0.919 bits per heavy atom. The Balaban J connectivity index is 1.54. The molecule has 37 heavy (non-hydrogen) atoms. The first kappa shape index (κ1) is 26.2. The number of aliphatic imine (C=N–C) groups is 1. The Kier molecular flexibility index (Phi) is 7.27. The number of nitrogens with one attached hydrogen (secondary N) is 1. The average molecular weight is 523 g/mol. The molecule has 1 aliphatic heterocycles. The normalized spacial score (nSPS) is 14.2. The van der Waals surface area contributed by atoms with Crippen molar-refractivity contribution in [1.29, 1.82) is 0 Å². The predicted octanol–water partition coefficient (Wildman–Crippen LogP) is 4.91. The lowest BCUT2D eigenvalue weighted by Gasteiger charge is -2.29. The lowest BCUT2D eigenvalue weighted by Crippen LogP contribution is -2.30. The molecule has 0 spiro atoms. The maximum Gasteiger partial charge on any atom is 0.265 e. The highest BCUT2D eigenvalue weighted by Gasteiger charge is 2.28. The molecule has 4 rings (SSSR count). The SMILES string of the molecule is COc1ccc2c(c1)C(CC(=O)c1ccc(NS(=O)(=O)c3cc(OC)ccc3OC)cc1)=NC(C)(C)C2. The third-order valence-electron chi connectivity index (χ3n) is 6.14. The topological polar surface area (TPSA) is 103 Å². The van der Waals surface area contributed by atoms with E-state index in [0.717, 1.165) is 17.5 Å². The lowest BCUT2D eigenvalue weighted by atomic mass is 9.85. The number of sulfonamides is 1. The Morgan fingerprint density at radius 2 is 1.57 bits per heavy atom. The van der Waals surface area contributed by atoms with Crippen molar-refractivity contribution in [3.8, 4) is 17.2 Å². The van der Waals surface area contributed by atoms with E-state index in [-0.39, 0.29) is 28.4 Å². The minimum Gasteiger partial charge on any atom is -0.497 e. The number of nitrogens with zero attached hydrogens (tertiary/aromatic N) is 1. The Bertz CT molecular complexity index is 1460. The number of ether oxygens (including phenoxy) is 3. The zero-order chi connectivity index (χ0) is 26.8. The molecule has 0 saturated carbocycles. The van der Waals surface area contributed by atoms with E-state index in [9.17, 15) is 13.2 Å². The molecule has 1 aliphatic rings. The van der Waals surface area contributed by atoms with Crippen LogP contribution in [0.5, 0.6) is 17.2 Å². The van der Waals surface area contributed by atoms with Gasteiger partial charge in [-0.15, -0.1) is 0 Å². The molecule has 0 aliphatic carbocycles. The lowest BCUT2D eigenvalue weighted by molar-refractivity contribution is 0.100. The molecular formula is C28H30N2O6S. The van der Waals surface area contributed by atoms with Gasteiger partial charge in [-0.2, -0.15) is 0 Å². The van der Waals surface area contributed by atoms with E-state index in [4.69, 9.17) is 19.2 Å². The molecule has 0 amide bonds. The van der Waals surface area contributed by atoms with Crippen LogP contribution in [0.1, 0.15) is 41.8 Å². The quantitative estimate of drug-likeness (QED) is 0.401. The molecule has 0 saturated heterocycles. The van der Waals surface area contributed by atoms with E-state index in [0.29, 0.717) is 28.5 Å². The van der Waals surface area contributed by atoms with Gasteiger partial charge in [0, 0.05) is 22.9 Å². The zero-order valence-electron chi connectivity index (χ0n) is 21.5. The third-order valence-corrected chi connectivity index (χ3v) is 7.54. The van der Waals surface area contributed by atoms with Gasteiger partial charge in [-0.3, -0.25) is 14.5 Å². The van der Waals surface area contributed by atoms with Crippen LogP contribution in [0.3, 0.4) is 0 Å². The summed E-state index contributed by atoms with van der Waals surface area (Å²) in [7, 11) is 0.490. The molecule has 8 nitrogen and oxygen atoms in total. The molecule has 0 atom stereocenters. The van der Waals surface area contributed by atoms with Gasteiger partial charge in [0.15, 0.2) is 5.78 Å². The molecule has 3 aromatic carbocycles. The maximum absolute atomic E-state index is 13.2. The van der Waals surface area contributed by atoms with Gasteiger partial charge in [0.25, 0.3) is 10.0 Å². The second kappa shape index (κ2) is 10.3. The molecule has 1 N–H and O–H groups in total. The van der Waals surface area contributed by atoms with Crippen molar-refractivity contribution in [1.82, 2.24) is 0 Å². The van der Waals surface area contributed by atoms with Gasteiger partial charge < -0.3 is 14.2 Å². The van der Waals surface area contributed by atoms with E-state index >= 15 is 0 Å². The largest absolute Gasteiger partial charge is 0.497 e. The monoisotopic (exact) mass is 522 g/mol. The van der Waals surface area contributed by atoms with Gasteiger partial charge in [-0.25, -0.2) is 8.42 Å². The zero-order valence-corrected chi connectivity index (χ0v) is 22.3. The number of hydrogen-bond acceptors (Lipinski definition) is 7. The summed E-state index contributed by atoms with van der Waals surface area (Å²) in [4.78, 5) is 18.0. The third kappa shape index (κ3) is 5.77. The first-order valence-electron chi connectivity index (χ1n) is 11.7. The predicted molar refractivity (Wildman–Crippen MR) is 143 cm³/mol. The number of benzene rings is 3. The fourth-order valence-corrected chi connectivity index (χ4v) is 5.60. The van der Waals surface area contributed by atoms with Gasteiger partial charge >= 0.3 is 0 Å². The molecule has 3 aromatic rings. The molecule has 0 aromatic heterocycles. The Morgan fingerprint density at radius 3 is 2.22 bits per heavy atom. The summed E-state index contributed by atoms with van der Waals surface area (Å²) >= 11 is 0. The van der Waals surface area contributed by atoms with E-state index in [1.165, 1.54) is 26.4 Å². The van der Waals surface area contributed by atoms with Crippen molar-refractivity contribution in [3.63, 3.8) is 0 Å². The van der Waals surface area contributed by atoms with Crippen LogP contribution < -0.4 is 18.9 Å². The molecule has 0 radical (unpaired) electrons. The van der Waals surface area contributed by atoms with Crippen LogP contribution >= 0.6 is 0 Å². The second-order valence-corrected chi connectivity index (χ2v) is 11.0. The van der Waals surface area contributed by atoms with E-state index < -0.39 is 10.0 Å². The van der Waals surface area contributed by atoms with Crippen LogP contribution in [0.15, 0.2) is 70.6 Å². The summed E-state index contributed by atoms with van der Waals surface area (Å²) in [5.74, 6) is 1.17. The summed E-state index contributed by atoms with van der Waals surface area (Å²) in [6.45, 7) is 4.09. The van der Waals surface area contributed by atoms with Crippen molar-refractivity contribution in [2.75, 3.05) is 26.1 Å². The van der Waals surface area contributed by atoms with Crippen molar-refractivity contribution >= 4 is 27.2 Å². The first-order valence-corrected chi connectivity index (χ1v) is 13.2. The number of Topliss-reactive ketones (excluding diaryl/α,β-unsaturated/α-hetero) is 1. The Hall–Kier alpha value is -3.85. The van der Waals surface area contributed by atoms with Gasteiger partial charge in [0.2, 0.25) is 0 Å². The second-order valence-electron chi connectivity index (χ2n) is 9.37. The summed E-state index contributed by atoms with van der Waals surface area (Å²) < 4.78 is 44.3. The fourth-order valence-electron chi connectivity index (χ4n) is 4.35. The smallest absolute Gasteiger partial charge is 0.265 e. The number of anilines is 1. The highest BCUT2D eigenvalue weighted by Crippen LogP contribution is 2.32. The van der Waals surface area contributed by atoms with Crippen LogP contribution in [-0.2, 0) is 16.4 Å². The highest BCUT2D eigenvalue weighted by atomic mass is 32.2. The van der Waals surface area contributed by atoms with Crippen molar-refractivity contribution in [3.05, 3.63) is 77.4 Å². The standard InChI is InChI=1S/C28H30N2O6S/c1-28(2)17-19-8-11-21(34-3)14-23(19)24(29-28)16-25(31)18-6-9-20(10-7-18)30-37(32,33)27-15-22(35-4)12-13-26(27)36-5/h6-15,30H,16-17H2,1-5H3. The van der Waals surface area contributed by atoms with Crippen LogP contribution in [0.4, 0.5) is 5.69 Å². The Labute approximate surface area is 217 Å².